The molecule has 0 aliphatic carbocycles. The molecule has 1 saturated heterocycles. The molecule has 1 aromatic heterocycles. The number of benzene rings is 1. The molecule has 7 nitrogen and oxygen atoms in total. The minimum absolute atomic E-state index is 0.0226. The summed E-state index contributed by atoms with van der Waals surface area (Å²) in [6, 6.07) is 6.87. The smallest absolute Gasteiger partial charge is 0.277 e. The van der Waals surface area contributed by atoms with Crippen molar-refractivity contribution in [3.05, 3.63) is 35.2 Å². The second kappa shape index (κ2) is 7.76. The lowest BCUT2D eigenvalue weighted by atomic mass is 10.1. The summed E-state index contributed by atoms with van der Waals surface area (Å²) in [5.41, 5.74) is 0.617. The Morgan fingerprint density at radius 1 is 1.40 bits per heavy atom. The van der Waals surface area contributed by atoms with E-state index in [1.165, 1.54) is 0 Å². The Bertz CT molecular complexity index is 869. The third kappa shape index (κ3) is 5.45. The van der Waals surface area contributed by atoms with Gasteiger partial charge in [0.25, 0.3) is 5.22 Å². The summed E-state index contributed by atoms with van der Waals surface area (Å²) in [5, 5.41) is 11.4. The second-order valence-electron chi connectivity index (χ2n) is 5.78. The minimum Gasteiger partial charge on any atom is -0.416 e. The molecule has 1 fully saturated rings. The fraction of sp³-hybridized carbons (Fsp3) is 0.400. The third-order valence-electron chi connectivity index (χ3n) is 3.67. The van der Waals surface area contributed by atoms with Gasteiger partial charge in [0.15, 0.2) is 9.84 Å². The Labute approximate surface area is 154 Å². The van der Waals surface area contributed by atoms with Crippen LogP contribution in [-0.4, -0.2) is 41.8 Å². The molecule has 1 N–H and O–H groups in total. The van der Waals surface area contributed by atoms with Crippen LogP contribution in [0.2, 0.25) is 5.02 Å². The van der Waals surface area contributed by atoms with E-state index in [1.54, 1.807) is 24.3 Å². The van der Waals surface area contributed by atoms with Crippen LogP contribution in [0.5, 0.6) is 0 Å². The van der Waals surface area contributed by atoms with Crippen molar-refractivity contribution in [1.82, 2.24) is 10.2 Å². The van der Waals surface area contributed by atoms with E-state index in [1.807, 2.05) is 0 Å². The Balaban J connectivity index is 1.47. The monoisotopic (exact) mass is 401 g/mol. The first-order valence-electron chi connectivity index (χ1n) is 7.61. The van der Waals surface area contributed by atoms with E-state index < -0.39 is 9.84 Å². The quantitative estimate of drug-likeness (QED) is 0.741. The molecule has 1 amide bonds. The van der Waals surface area contributed by atoms with Crippen LogP contribution in [0.3, 0.4) is 0 Å². The van der Waals surface area contributed by atoms with Gasteiger partial charge in [-0.1, -0.05) is 29.4 Å². The van der Waals surface area contributed by atoms with Gasteiger partial charge in [0.2, 0.25) is 11.8 Å². The number of aromatic nitrogens is 2. The SMILES string of the molecule is O=C(CSc1nnc(C[C@H]2CCS(=O)(=O)C2)o1)Nc1cccc(Cl)c1. The molecule has 2 aromatic rings. The predicted molar refractivity (Wildman–Crippen MR) is 95.6 cm³/mol. The molecule has 0 bridgehead atoms. The number of nitrogens with zero attached hydrogens (tertiary/aromatic N) is 2. The summed E-state index contributed by atoms with van der Waals surface area (Å²) < 4.78 is 28.4. The van der Waals surface area contributed by atoms with Gasteiger partial charge in [-0.2, -0.15) is 0 Å². The average molecular weight is 402 g/mol. The molecule has 0 saturated carbocycles. The summed E-state index contributed by atoms with van der Waals surface area (Å²) in [7, 11) is -2.92. The van der Waals surface area contributed by atoms with Crippen LogP contribution in [0.1, 0.15) is 12.3 Å². The fourth-order valence-electron chi connectivity index (χ4n) is 2.55. The molecule has 1 aliphatic heterocycles. The number of anilines is 1. The van der Waals surface area contributed by atoms with Crippen LogP contribution in [-0.2, 0) is 21.1 Å². The Morgan fingerprint density at radius 3 is 2.96 bits per heavy atom. The van der Waals surface area contributed by atoms with Crippen molar-refractivity contribution in [3.8, 4) is 0 Å². The van der Waals surface area contributed by atoms with Crippen LogP contribution in [0.4, 0.5) is 5.69 Å². The molecule has 0 spiro atoms. The van der Waals surface area contributed by atoms with Gasteiger partial charge >= 0.3 is 0 Å². The first-order chi connectivity index (χ1) is 11.9. The number of thioether (sulfide) groups is 1. The Kier molecular flexibility index (Phi) is 5.65. The fourth-order valence-corrected chi connectivity index (χ4v) is 5.18. The lowest BCUT2D eigenvalue weighted by Crippen LogP contribution is -2.13. The van der Waals surface area contributed by atoms with Crippen molar-refractivity contribution in [2.24, 2.45) is 5.92 Å². The molecule has 1 atom stereocenters. The van der Waals surface area contributed by atoms with Gasteiger partial charge in [0.1, 0.15) is 0 Å². The normalized spacial score (nSPS) is 19.0. The van der Waals surface area contributed by atoms with E-state index in [0.29, 0.717) is 29.4 Å². The molecule has 0 unspecified atom stereocenters. The summed E-state index contributed by atoms with van der Waals surface area (Å²) in [6.45, 7) is 0. The zero-order chi connectivity index (χ0) is 17.9. The molecule has 3 rings (SSSR count). The van der Waals surface area contributed by atoms with Crippen LogP contribution < -0.4 is 5.32 Å². The zero-order valence-electron chi connectivity index (χ0n) is 13.1. The van der Waals surface area contributed by atoms with Crippen molar-refractivity contribution in [3.63, 3.8) is 0 Å². The second-order valence-corrected chi connectivity index (χ2v) is 9.37. The molecule has 0 radical (unpaired) electrons. The molecule has 10 heteroatoms. The van der Waals surface area contributed by atoms with Crippen LogP contribution in [0.15, 0.2) is 33.9 Å². The lowest BCUT2D eigenvalue weighted by molar-refractivity contribution is -0.113. The van der Waals surface area contributed by atoms with Gasteiger partial charge in [0, 0.05) is 17.1 Å². The van der Waals surface area contributed by atoms with E-state index in [2.05, 4.69) is 15.5 Å². The van der Waals surface area contributed by atoms with Gasteiger partial charge in [-0.3, -0.25) is 4.79 Å². The summed E-state index contributed by atoms with van der Waals surface area (Å²) in [6.07, 6.45) is 1.07. The summed E-state index contributed by atoms with van der Waals surface area (Å²) in [5.74, 6) is 0.714. The van der Waals surface area contributed by atoms with Gasteiger partial charge in [0.05, 0.1) is 17.3 Å². The molecular weight excluding hydrogens is 386 g/mol. The van der Waals surface area contributed by atoms with Crippen LogP contribution >= 0.6 is 23.4 Å². The largest absolute Gasteiger partial charge is 0.416 e. The van der Waals surface area contributed by atoms with Crippen LogP contribution in [0, 0.1) is 5.92 Å². The van der Waals surface area contributed by atoms with E-state index >= 15 is 0 Å². The number of hydrogen-bond acceptors (Lipinski definition) is 7. The number of sulfone groups is 1. The maximum atomic E-state index is 11.9. The maximum absolute atomic E-state index is 11.9. The highest BCUT2D eigenvalue weighted by molar-refractivity contribution is 7.99. The number of halogens is 1. The van der Waals surface area contributed by atoms with Crippen molar-refractivity contribution >= 4 is 44.8 Å². The molecule has 134 valence electrons. The van der Waals surface area contributed by atoms with Crippen LogP contribution in [0.25, 0.3) is 0 Å². The topological polar surface area (TPSA) is 102 Å². The number of amides is 1. The van der Waals surface area contributed by atoms with Crippen molar-refractivity contribution in [1.29, 1.82) is 0 Å². The average Bonchev–Trinajstić information content (AvgIpc) is 3.12. The van der Waals surface area contributed by atoms with E-state index in [4.69, 9.17) is 16.0 Å². The Morgan fingerprint density at radius 2 is 2.24 bits per heavy atom. The zero-order valence-corrected chi connectivity index (χ0v) is 15.5. The van der Waals surface area contributed by atoms with Crippen molar-refractivity contribution in [2.45, 2.75) is 18.1 Å². The highest BCUT2D eigenvalue weighted by Gasteiger charge is 2.29. The highest BCUT2D eigenvalue weighted by atomic mass is 35.5. The molecule has 1 aromatic carbocycles. The van der Waals surface area contributed by atoms with Gasteiger partial charge in [-0.25, -0.2) is 8.42 Å². The summed E-state index contributed by atoms with van der Waals surface area (Å²) >= 11 is 6.99. The van der Waals surface area contributed by atoms with Gasteiger partial charge in [-0.15, -0.1) is 10.2 Å². The highest BCUT2D eigenvalue weighted by Crippen LogP contribution is 2.24. The number of nitrogens with one attached hydrogen (secondary N) is 1. The van der Waals surface area contributed by atoms with Crippen molar-refractivity contribution in [2.75, 3.05) is 22.6 Å². The summed E-state index contributed by atoms with van der Waals surface area (Å²) in [4.78, 5) is 11.9. The minimum atomic E-state index is -2.92. The van der Waals surface area contributed by atoms with E-state index in [9.17, 15) is 13.2 Å². The molecule has 1 aliphatic rings. The van der Waals surface area contributed by atoms with Crippen molar-refractivity contribution < 1.29 is 17.6 Å². The van der Waals surface area contributed by atoms with E-state index in [0.717, 1.165) is 11.8 Å². The number of hydrogen-bond donors (Lipinski definition) is 1. The number of rotatable bonds is 6. The standard InChI is InChI=1S/C15H16ClN3O4S2/c16-11-2-1-3-12(7-11)17-13(20)8-24-15-19-18-14(23-15)6-10-4-5-25(21,22)9-10/h1-3,7,10H,4-6,8-9H2,(H,17,20)/t10-/m1/s1. The maximum Gasteiger partial charge on any atom is 0.277 e. The van der Waals surface area contributed by atoms with E-state index in [-0.39, 0.29) is 34.3 Å². The van der Waals surface area contributed by atoms with Gasteiger partial charge in [-0.05, 0) is 30.5 Å². The molecular formula is C15H16ClN3O4S2. The number of carbonyl (C=O) groups excluding carboxylic acids is 1. The number of carbonyl (C=O) groups is 1. The van der Waals surface area contributed by atoms with Gasteiger partial charge < -0.3 is 9.73 Å². The predicted octanol–water partition coefficient (Wildman–Crippen LogP) is 2.43. The first-order valence-corrected chi connectivity index (χ1v) is 10.8. The third-order valence-corrected chi connectivity index (χ3v) is 6.56. The molecule has 2 heterocycles. The first kappa shape index (κ1) is 18.2. The molecule has 25 heavy (non-hydrogen) atoms. The lowest BCUT2D eigenvalue weighted by Gasteiger charge is -2.04. The Hall–Kier alpha value is -1.58.